The van der Waals surface area contributed by atoms with Crippen LogP contribution >= 0.6 is 0 Å². The Balaban J connectivity index is 2.24. The third-order valence-electron chi connectivity index (χ3n) is 3.60. The maximum Gasteiger partial charge on any atom is 0.103 e. The zero-order valence-electron chi connectivity index (χ0n) is 11.6. The predicted molar refractivity (Wildman–Crippen MR) is 71.8 cm³/mol. The van der Waals surface area contributed by atoms with Gasteiger partial charge in [-0.1, -0.05) is 13.8 Å². The summed E-state index contributed by atoms with van der Waals surface area (Å²) in [5.74, 6) is 0. The van der Waals surface area contributed by atoms with Crippen molar-refractivity contribution in [1.29, 1.82) is 5.26 Å². The van der Waals surface area contributed by atoms with Gasteiger partial charge in [0.05, 0.1) is 6.07 Å². The fraction of sp³-hybridized carbons (Fsp3) is 0.929. The first-order chi connectivity index (χ1) is 8.15. The lowest BCUT2D eigenvalue weighted by Crippen LogP contribution is -2.42. The Labute approximate surface area is 106 Å². The van der Waals surface area contributed by atoms with E-state index in [2.05, 4.69) is 30.1 Å². The van der Waals surface area contributed by atoms with Gasteiger partial charge >= 0.3 is 0 Å². The first-order valence-corrected chi connectivity index (χ1v) is 7.05. The molecule has 1 rings (SSSR count). The second-order valence-corrected chi connectivity index (χ2v) is 5.33. The second kappa shape index (κ2) is 6.98. The zero-order valence-corrected chi connectivity index (χ0v) is 11.6. The van der Waals surface area contributed by atoms with Crippen molar-refractivity contribution < 1.29 is 0 Å². The third kappa shape index (κ3) is 5.06. The van der Waals surface area contributed by atoms with Gasteiger partial charge in [0, 0.05) is 6.04 Å². The van der Waals surface area contributed by atoms with E-state index in [1.807, 2.05) is 6.92 Å². The van der Waals surface area contributed by atoms with Crippen LogP contribution in [0.25, 0.3) is 0 Å². The number of rotatable bonds is 9. The number of nitriles is 1. The number of nitrogens with one attached hydrogen (secondary N) is 1. The topological polar surface area (TPSA) is 39.1 Å². The number of hydrogen-bond acceptors (Lipinski definition) is 3. The van der Waals surface area contributed by atoms with Gasteiger partial charge in [0.25, 0.3) is 0 Å². The molecule has 1 atom stereocenters. The Kier molecular flexibility index (Phi) is 5.94. The van der Waals surface area contributed by atoms with E-state index in [0.29, 0.717) is 0 Å². The van der Waals surface area contributed by atoms with Gasteiger partial charge in [-0.25, -0.2) is 0 Å². The van der Waals surface area contributed by atoms with Gasteiger partial charge in [-0.05, 0) is 58.7 Å². The molecule has 1 unspecified atom stereocenters. The second-order valence-electron chi connectivity index (χ2n) is 5.33. The summed E-state index contributed by atoms with van der Waals surface area (Å²) >= 11 is 0. The van der Waals surface area contributed by atoms with Crippen molar-refractivity contribution in [2.45, 2.75) is 64.5 Å². The molecule has 0 radical (unpaired) electrons. The van der Waals surface area contributed by atoms with Crippen LogP contribution in [0.2, 0.25) is 0 Å². The summed E-state index contributed by atoms with van der Waals surface area (Å²) in [6.45, 7) is 9.62. The Morgan fingerprint density at radius 2 is 2.12 bits per heavy atom. The van der Waals surface area contributed by atoms with E-state index in [1.54, 1.807) is 0 Å². The van der Waals surface area contributed by atoms with E-state index >= 15 is 0 Å². The highest BCUT2D eigenvalue weighted by atomic mass is 15.2. The maximum absolute atomic E-state index is 9.23. The molecule has 1 saturated carbocycles. The van der Waals surface area contributed by atoms with Gasteiger partial charge in [0.1, 0.15) is 5.54 Å². The van der Waals surface area contributed by atoms with Crippen LogP contribution in [0.15, 0.2) is 0 Å². The number of hydrogen-bond donors (Lipinski definition) is 1. The third-order valence-corrected chi connectivity index (χ3v) is 3.60. The fourth-order valence-electron chi connectivity index (χ4n) is 2.26. The lowest BCUT2D eigenvalue weighted by atomic mass is 9.97. The van der Waals surface area contributed by atoms with Crippen molar-refractivity contribution in [2.24, 2.45) is 0 Å². The SMILES string of the molecule is CCCNC(C)(C#N)CCCN(CC)C1CC1. The number of nitrogens with zero attached hydrogens (tertiary/aromatic N) is 2. The van der Waals surface area contributed by atoms with E-state index in [1.165, 1.54) is 12.8 Å². The summed E-state index contributed by atoms with van der Waals surface area (Å²) in [5.41, 5.74) is -0.334. The molecule has 0 aliphatic heterocycles. The van der Waals surface area contributed by atoms with Crippen molar-refractivity contribution in [3.63, 3.8) is 0 Å². The minimum atomic E-state index is -0.334. The largest absolute Gasteiger partial charge is 0.301 e. The van der Waals surface area contributed by atoms with Crippen LogP contribution in [-0.4, -0.2) is 36.1 Å². The molecule has 0 spiro atoms. The molecule has 0 heterocycles. The Morgan fingerprint density at radius 3 is 2.59 bits per heavy atom. The highest BCUT2D eigenvalue weighted by molar-refractivity contribution is 5.03. The van der Waals surface area contributed by atoms with Crippen molar-refractivity contribution in [3.8, 4) is 6.07 Å². The molecule has 0 saturated heterocycles. The van der Waals surface area contributed by atoms with Crippen LogP contribution < -0.4 is 5.32 Å². The first-order valence-electron chi connectivity index (χ1n) is 7.05. The molecular formula is C14H27N3. The summed E-state index contributed by atoms with van der Waals surface area (Å²) in [4.78, 5) is 2.55. The van der Waals surface area contributed by atoms with Crippen LogP contribution in [-0.2, 0) is 0 Å². The van der Waals surface area contributed by atoms with Crippen LogP contribution in [0, 0.1) is 11.3 Å². The molecule has 17 heavy (non-hydrogen) atoms. The molecule has 98 valence electrons. The molecule has 1 N–H and O–H groups in total. The molecule has 1 aliphatic carbocycles. The van der Waals surface area contributed by atoms with Gasteiger partial charge in [-0.15, -0.1) is 0 Å². The molecule has 1 aliphatic rings. The molecule has 0 bridgehead atoms. The molecule has 0 aromatic rings. The highest BCUT2D eigenvalue weighted by Crippen LogP contribution is 2.27. The van der Waals surface area contributed by atoms with E-state index in [-0.39, 0.29) is 5.54 Å². The minimum Gasteiger partial charge on any atom is -0.301 e. The van der Waals surface area contributed by atoms with E-state index in [9.17, 15) is 5.26 Å². The van der Waals surface area contributed by atoms with Crippen LogP contribution in [0.1, 0.15) is 52.9 Å². The fourth-order valence-corrected chi connectivity index (χ4v) is 2.26. The molecule has 3 nitrogen and oxygen atoms in total. The van der Waals surface area contributed by atoms with E-state index in [0.717, 1.165) is 44.9 Å². The smallest absolute Gasteiger partial charge is 0.103 e. The van der Waals surface area contributed by atoms with E-state index in [4.69, 9.17) is 0 Å². The zero-order chi connectivity index (χ0) is 12.7. The predicted octanol–water partition coefficient (Wildman–Crippen LogP) is 2.53. The van der Waals surface area contributed by atoms with Crippen molar-refractivity contribution >= 4 is 0 Å². The lowest BCUT2D eigenvalue weighted by Gasteiger charge is -2.25. The van der Waals surface area contributed by atoms with Gasteiger partial charge in [0.2, 0.25) is 0 Å². The molecule has 1 fully saturated rings. The molecule has 0 aromatic heterocycles. The Hall–Kier alpha value is -0.590. The van der Waals surface area contributed by atoms with Crippen molar-refractivity contribution in [2.75, 3.05) is 19.6 Å². The van der Waals surface area contributed by atoms with E-state index < -0.39 is 0 Å². The van der Waals surface area contributed by atoms with Gasteiger partial charge < -0.3 is 4.90 Å². The molecule has 0 amide bonds. The Morgan fingerprint density at radius 1 is 1.41 bits per heavy atom. The monoisotopic (exact) mass is 237 g/mol. The molecule has 0 aromatic carbocycles. The highest BCUT2D eigenvalue weighted by Gasteiger charge is 2.28. The minimum absolute atomic E-state index is 0.334. The lowest BCUT2D eigenvalue weighted by molar-refractivity contribution is 0.260. The normalized spacial score (nSPS) is 19.0. The average molecular weight is 237 g/mol. The first kappa shape index (κ1) is 14.5. The van der Waals surface area contributed by atoms with Crippen LogP contribution in [0.5, 0.6) is 0 Å². The summed E-state index contributed by atoms with van der Waals surface area (Å²) in [5, 5.41) is 12.6. The van der Waals surface area contributed by atoms with Gasteiger partial charge in [-0.2, -0.15) is 5.26 Å². The average Bonchev–Trinajstić information content (AvgIpc) is 3.16. The standard InChI is InChI=1S/C14H27N3/c1-4-10-16-14(3,12-15)9-6-11-17(5-2)13-7-8-13/h13,16H,4-11H2,1-3H3. The summed E-state index contributed by atoms with van der Waals surface area (Å²) in [6, 6.07) is 3.26. The summed E-state index contributed by atoms with van der Waals surface area (Å²) < 4.78 is 0. The van der Waals surface area contributed by atoms with Crippen molar-refractivity contribution in [3.05, 3.63) is 0 Å². The molecular weight excluding hydrogens is 210 g/mol. The molecule has 3 heteroatoms. The summed E-state index contributed by atoms with van der Waals surface area (Å²) in [6.07, 6.45) is 5.90. The van der Waals surface area contributed by atoms with Crippen molar-refractivity contribution in [1.82, 2.24) is 10.2 Å². The van der Waals surface area contributed by atoms with Crippen LogP contribution in [0.3, 0.4) is 0 Å². The van der Waals surface area contributed by atoms with Gasteiger partial charge in [0.15, 0.2) is 0 Å². The Bertz CT molecular complexity index is 255. The van der Waals surface area contributed by atoms with Gasteiger partial charge in [-0.3, -0.25) is 5.32 Å². The summed E-state index contributed by atoms with van der Waals surface area (Å²) in [7, 11) is 0. The maximum atomic E-state index is 9.23. The quantitative estimate of drug-likeness (QED) is 0.670. The van der Waals surface area contributed by atoms with Crippen LogP contribution in [0.4, 0.5) is 0 Å².